The van der Waals surface area contributed by atoms with Crippen LogP contribution in [0.25, 0.3) is 0 Å². The lowest BCUT2D eigenvalue weighted by atomic mass is 9.93. The van der Waals surface area contributed by atoms with Gasteiger partial charge in [0.15, 0.2) is 0 Å². The minimum absolute atomic E-state index is 0.0993. The summed E-state index contributed by atoms with van der Waals surface area (Å²) in [6.45, 7) is 3.24. The molecule has 0 aromatic heterocycles. The van der Waals surface area contributed by atoms with Crippen LogP contribution in [0.2, 0.25) is 0 Å². The zero-order valence-electron chi connectivity index (χ0n) is 14.9. The van der Waals surface area contributed by atoms with Crippen molar-refractivity contribution in [3.05, 3.63) is 24.3 Å². The van der Waals surface area contributed by atoms with Gasteiger partial charge in [-0.15, -0.1) is 11.8 Å². The second-order valence-corrected chi connectivity index (χ2v) is 7.79. The van der Waals surface area contributed by atoms with Gasteiger partial charge in [0, 0.05) is 31.0 Å². The molecule has 25 heavy (non-hydrogen) atoms. The lowest BCUT2D eigenvalue weighted by Gasteiger charge is -2.33. The SMILES string of the molecule is CNCCC1CCN(C(=O)CCN2C(=O)CSc3ccccc32)CC1. The van der Waals surface area contributed by atoms with E-state index in [0.29, 0.717) is 18.7 Å². The number of anilines is 1. The number of hydrogen-bond acceptors (Lipinski definition) is 4. The summed E-state index contributed by atoms with van der Waals surface area (Å²) >= 11 is 1.58. The number of rotatable bonds is 6. The molecule has 1 aromatic carbocycles. The van der Waals surface area contributed by atoms with Crippen molar-refractivity contribution >= 4 is 29.3 Å². The Balaban J connectivity index is 1.51. The molecule has 1 aromatic rings. The predicted molar refractivity (Wildman–Crippen MR) is 102 cm³/mol. The topological polar surface area (TPSA) is 52.7 Å². The van der Waals surface area contributed by atoms with E-state index in [4.69, 9.17) is 0 Å². The number of benzene rings is 1. The quantitative estimate of drug-likeness (QED) is 0.845. The maximum atomic E-state index is 12.6. The van der Waals surface area contributed by atoms with Crippen LogP contribution >= 0.6 is 11.8 Å². The van der Waals surface area contributed by atoms with Gasteiger partial charge < -0.3 is 15.1 Å². The van der Waals surface area contributed by atoms with Crippen LogP contribution in [0.3, 0.4) is 0 Å². The molecule has 0 radical (unpaired) electrons. The van der Waals surface area contributed by atoms with Crippen molar-refractivity contribution in [2.45, 2.75) is 30.6 Å². The molecule has 0 saturated carbocycles. The molecule has 0 spiro atoms. The number of para-hydroxylation sites is 1. The summed E-state index contributed by atoms with van der Waals surface area (Å²) in [5, 5.41) is 3.20. The summed E-state index contributed by atoms with van der Waals surface area (Å²) in [7, 11) is 1.98. The molecule has 2 heterocycles. The minimum Gasteiger partial charge on any atom is -0.343 e. The van der Waals surface area contributed by atoms with Crippen LogP contribution in [0.15, 0.2) is 29.2 Å². The molecule has 0 atom stereocenters. The Kier molecular flexibility index (Phi) is 6.37. The molecule has 2 amide bonds. The molecule has 2 aliphatic rings. The lowest BCUT2D eigenvalue weighted by Crippen LogP contribution is -2.42. The summed E-state index contributed by atoms with van der Waals surface area (Å²) in [6.07, 6.45) is 3.78. The summed E-state index contributed by atoms with van der Waals surface area (Å²) in [5.74, 6) is 1.46. The predicted octanol–water partition coefficient (Wildman–Crippen LogP) is 2.36. The number of thioether (sulfide) groups is 1. The average molecular weight is 362 g/mol. The first-order valence-electron chi connectivity index (χ1n) is 9.13. The zero-order valence-corrected chi connectivity index (χ0v) is 15.7. The van der Waals surface area contributed by atoms with Gasteiger partial charge in [0.05, 0.1) is 11.4 Å². The van der Waals surface area contributed by atoms with Crippen LogP contribution in [-0.4, -0.2) is 55.7 Å². The number of carbonyl (C=O) groups excluding carboxylic acids is 2. The van der Waals surface area contributed by atoms with Crippen molar-refractivity contribution in [3.8, 4) is 0 Å². The van der Waals surface area contributed by atoms with Gasteiger partial charge >= 0.3 is 0 Å². The molecular formula is C19H27N3O2S. The molecule has 5 nitrogen and oxygen atoms in total. The van der Waals surface area contributed by atoms with E-state index in [2.05, 4.69) is 5.32 Å². The van der Waals surface area contributed by atoms with E-state index >= 15 is 0 Å². The fourth-order valence-corrected chi connectivity index (χ4v) is 4.52. The Morgan fingerprint density at radius 3 is 2.80 bits per heavy atom. The van der Waals surface area contributed by atoms with Crippen molar-refractivity contribution in [3.63, 3.8) is 0 Å². The van der Waals surface area contributed by atoms with Gasteiger partial charge in [-0.05, 0) is 50.9 Å². The Labute approximate surface area is 154 Å². The van der Waals surface area contributed by atoms with Crippen LogP contribution in [0, 0.1) is 5.92 Å². The highest BCUT2D eigenvalue weighted by molar-refractivity contribution is 8.00. The summed E-state index contributed by atoms with van der Waals surface area (Å²) < 4.78 is 0. The minimum atomic E-state index is 0.0993. The van der Waals surface area contributed by atoms with Crippen LogP contribution in [0.5, 0.6) is 0 Å². The second kappa shape index (κ2) is 8.72. The molecule has 2 aliphatic heterocycles. The van der Waals surface area contributed by atoms with Gasteiger partial charge in [0.2, 0.25) is 11.8 Å². The smallest absolute Gasteiger partial charge is 0.237 e. The van der Waals surface area contributed by atoms with Gasteiger partial charge in [-0.25, -0.2) is 0 Å². The average Bonchev–Trinajstić information content (AvgIpc) is 2.65. The zero-order chi connectivity index (χ0) is 17.6. The Hall–Kier alpha value is -1.53. The van der Waals surface area contributed by atoms with Gasteiger partial charge in [-0.3, -0.25) is 9.59 Å². The van der Waals surface area contributed by atoms with Gasteiger partial charge in [0.25, 0.3) is 0 Å². The van der Waals surface area contributed by atoms with E-state index in [9.17, 15) is 9.59 Å². The summed E-state index contributed by atoms with van der Waals surface area (Å²) in [6, 6.07) is 7.94. The van der Waals surface area contributed by atoms with Crippen molar-refractivity contribution in [1.29, 1.82) is 0 Å². The van der Waals surface area contributed by atoms with Gasteiger partial charge in [-0.2, -0.15) is 0 Å². The van der Waals surface area contributed by atoms with Crippen LogP contribution in [-0.2, 0) is 9.59 Å². The van der Waals surface area contributed by atoms with E-state index in [0.717, 1.165) is 49.0 Å². The molecule has 0 unspecified atom stereocenters. The van der Waals surface area contributed by atoms with E-state index in [1.807, 2.05) is 36.2 Å². The highest BCUT2D eigenvalue weighted by Gasteiger charge is 2.27. The fraction of sp³-hybridized carbons (Fsp3) is 0.579. The fourth-order valence-electron chi connectivity index (χ4n) is 3.58. The molecule has 0 aliphatic carbocycles. The monoisotopic (exact) mass is 361 g/mol. The highest BCUT2D eigenvalue weighted by atomic mass is 32.2. The third kappa shape index (κ3) is 4.55. The first-order chi connectivity index (χ1) is 12.2. The first-order valence-corrected chi connectivity index (χ1v) is 10.1. The highest BCUT2D eigenvalue weighted by Crippen LogP contribution is 2.35. The van der Waals surface area contributed by atoms with Crippen LogP contribution < -0.4 is 10.2 Å². The maximum Gasteiger partial charge on any atom is 0.237 e. The largest absolute Gasteiger partial charge is 0.343 e. The molecule has 1 saturated heterocycles. The van der Waals surface area contributed by atoms with Crippen molar-refractivity contribution in [1.82, 2.24) is 10.2 Å². The van der Waals surface area contributed by atoms with E-state index in [-0.39, 0.29) is 11.8 Å². The third-order valence-electron chi connectivity index (χ3n) is 5.13. The van der Waals surface area contributed by atoms with Crippen LogP contribution in [0.4, 0.5) is 5.69 Å². The van der Waals surface area contributed by atoms with E-state index in [1.165, 1.54) is 6.42 Å². The van der Waals surface area contributed by atoms with Gasteiger partial charge in [-0.1, -0.05) is 12.1 Å². The molecule has 1 N–H and O–H groups in total. The summed E-state index contributed by atoms with van der Waals surface area (Å²) in [5.41, 5.74) is 0.947. The number of carbonyl (C=O) groups is 2. The van der Waals surface area contributed by atoms with Crippen molar-refractivity contribution in [2.24, 2.45) is 5.92 Å². The number of fused-ring (bicyclic) bond motifs is 1. The van der Waals surface area contributed by atoms with E-state index < -0.39 is 0 Å². The first kappa shape index (κ1) is 18.3. The third-order valence-corrected chi connectivity index (χ3v) is 6.17. The number of hydrogen-bond donors (Lipinski definition) is 1. The Morgan fingerprint density at radius 2 is 2.04 bits per heavy atom. The standard InChI is InChI=1S/C19H27N3O2S/c1-20-10-6-15-7-11-21(12-8-15)18(23)9-13-22-16-4-2-3-5-17(16)25-14-19(22)24/h2-5,15,20H,6-14H2,1H3. The lowest BCUT2D eigenvalue weighted by molar-refractivity contribution is -0.132. The number of nitrogens with zero attached hydrogens (tertiary/aromatic N) is 2. The van der Waals surface area contributed by atoms with Gasteiger partial charge in [0.1, 0.15) is 0 Å². The Bertz CT molecular complexity index is 614. The molecule has 3 rings (SSSR count). The molecule has 1 fully saturated rings. The number of piperidine rings is 1. The second-order valence-electron chi connectivity index (χ2n) is 6.77. The molecular weight excluding hydrogens is 334 g/mol. The number of likely N-dealkylation sites (tertiary alicyclic amines) is 1. The number of amides is 2. The molecule has 136 valence electrons. The summed E-state index contributed by atoms with van der Waals surface area (Å²) in [4.78, 5) is 29.7. The normalized spacial score (nSPS) is 18.4. The van der Waals surface area contributed by atoms with E-state index in [1.54, 1.807) is 16.7 Å². The molecule has 6 heteroatoms. The van der Waals surface area contributed by atoms with Crippen molar-refractivity contribution in [2.75, 3.05) is 43.9 Å². The van der Waals surface area contributed by atoms with Crippen molar-refractivity contribution < 1.29 is 9.59 Å². The number of nitrogens with one attached hydrogen (secondary N) is 1. The molecule has 0 bridgehead atoms. The maximum absolute atomic E-state index is 12.6. The Morgan fingerprint density at radius 1 is 1.28 bits per heavy atom. The van der Waals surface area contributed by atoms with Crippen LogP contribution in [0.1, 0.15) is 25.7 Å².